The molecule has 0 amide bonds. The molecule has 1 aliphatic rings. The van der Waals surface area contributed by atoms with Crippen molar-refractivity contribution in [3.63, 3.8) is 0 Å². The maximum atomic E-state index is 4.71. The molecule has 0 bridgehead atoms. The highest BCUT2D eigenvalue weighted by atomic mass is 15.4. The standard InChI is InChI=1S/C12H21N3/c1-5-11-9(4)7-13-12-6-10(8(2)3)14-15(11)12/h6,8-9,11,13H,5,7H2,1-4H3. The highest BCUT2D eigenvalue weighted by molar-refractivity contribution is 5.40. The average molecular weight is 207 g/mol. The van der Waals surface area contributed by atoms with Gasteiger partial charge in [0, 0.05) is 12.6 Å². The van der Waals surface area contributed by atoms with Crippen molar-refractivity contribution in [3.05, 3.63) is 11.8 Å². The van der Waals surface area contributed by atoms with Crippen molar-refractivity contribution in [1.82, 2.24) is 9.78 Å². The van der Waals surface area contributed by atoms with E-state index in [1.807, 2.05) is 0 Å². The van der Waals surface area contributed by atoms with E-state index in [1.165, 1.54) is 11.5 Å². The van der Waals surface area contributed by atoms with Gasteiger partial charge in [-0.15, -0.1) is 0 Å². The first-order valence-corrected chi connectivity index (χ1v) is 5.96. The van der Waals surface area contributed by atoms with Gasteiger partial charge >= 0.3 is 0 Å². The largest absolute Gasteiger partial charge is 0.370 e. The number of hydrogen-bond donors (Lipinski definition) is 1. The van der Waals surface area contributed by atoms with Gasteiger partial charge in [0.2, 0.25) is 0 Å². The lowest BCUT2D eigenvalue weighted by atomic mass is 9.98. The van der Waals surface area contributed by atoms with Crippen LogP contribution in [-0.2, 0) is 0 Å². The molecule has 1 aromatic heterocycles. The summed E-state index contributed by atoms with van der Waals surface area (Å²) in [5.41, 5.74) is 1.20. The first-order valence-electron chi connectivity index (χ1n) is 5.96. The summed E-state index contributed by atoms with van der Waals surface area (Å²) in [6, 6.07) is 2.76. The van der Waals surface area contributed by atoms with Gasteiger partial charge in [-0.1, -0.05) is 27.7 Å². The molecule has 2 heterocycles. The van der Waals surface area contributed by atoms with Crippen molar-refractivity contribution in [2.45, 2.75) is 46.1 Å². The quantitative estimate of drug-likeness (QED) is 0.808. The fourth-order valence-corrected chi connectivity index (χ4v) is 2.30. The predicted molar refractivity (Wildman–Crippen MR) is 63.3 cm³/mol. The number of nitrogens with one attached hydrogen (secondary N) is 1. The van der Waals surface area contributed by atoms with Crippen LogP contribution in [0.2, 0.25) is 0 Å². The molecule has 2 unspecified atom stereocenters. The molecular weight excluding hydrogens is 186 g/mol. The summed E-state index contributed by atoms with van der Waals surface area (Å²) in [7, 11) is 0. The number of aromatic nitrogens is 2. The van der Waals surface area contributed by atoms with E-state index in [1.54, 1.807) is 0 Å². The molecule has 0 aromatic carbocycles. The maximum Gasteiger partial charge on any atom is 0.124 e. The highest BCUT2D eigenvalue weighted by Gasteiger charge is 2.26. The molecule has 0 aliphatic carbocycles. The van der Waals surface area contributed by atoms with Crippen LogP contribution in [-0.4, -0.2) is 16.3 Å². The van der Waals surface area contributed by atoms with Crippen molar-refractivity contribution in [2.24, 2.45) is 5.92 Å². The lowest BCUT2D eigenvalue weighted by Gasteiger charge is -2.30. The van der Waals surface area contributed by atoms with Crippen LogP contribution in [0.25, 0.3) is 0 Å². The molecule has 0 spiro atoms. The Balaban J connectivity index is 2.36. The summed E-state index contributed by atoms with van der Waals surface area (Å²) in [4.78, 5) is 0. The Hall–Kier alpha value is -0.990. The van der Waals surface area contributed by atoms with E-state index in [-0.39, 0.29) is 0 Å². The SMILES string of the molecule is CCC1C(C)CNc2cc(C(C)C)nn21. The summed E-state index contributed by atoms with van der Waals surface area (Å²) in [5.74, 6) is 2.38. The molecule has 3 heteroatoms. The minimum atomic E-state index is 0.512. The first-order chi connectivity index (χ1) is 7.13. The Kier molecular flexibility index (Phi) is 2.72. The normalized spacial score (nSPS) is 25.1. The minimum Gasteiger partial charge on any atom is -0.370 e. The molecule has 1 aliphatic heterocycles. The second-order valence-corrected chi connectivity index (χ2v) is 4.89. The highest BCUT2D eigenvalue weighted by Crippen LogP contribution is 2.31. The van der Waals surface area contributed by atoms with Crippen molar-refractivity contribution < 1.29 is 0 Å². The van der Waals surface area contributed by atoms with E-state index < -0.39 is 0 Å². The lowest BCUT2D eigenvalue weighted by molar-refractivity contribution is 0.311. The third-order valence-corrected chi connectivity index (χ3v) is 3.34. The molecule has 2 atom stereocenters. The topological polar surface area (TPSA) is 29.9 Å². The Morgan fingerprint density at radius 2 is 2.33 bits per heavy atom. The maximum absolute atomic E-state index is 4.71. The second kappa shape index (κ2) is 3.87. The molecular formula is C12H21N3. The summed E-state index contributed by atoms with van der Waals surface area (Å²) in [5, 5.41) is 8.16. The zero-order chi connectivity index (χ0) is 11.0. The average Bonchev–Trinajstić information content (AvgIpc) is 2.61. The fourth-order valence-electron chi connectivity index (χ4n) is 2.30. The van der Waals surface area contributed by atoms with Gasteiger partial charge in [-0.05, 0) is 18.3 Å². The van der Waals surface area contributed by atoms with Crippen molar-refractivity contribution in [2.75, 3.05) is 11.9 Å². The van der Waals surface area contributed by atoms with Crippen molar-refractivity contribution in [1.29, 1.82) is 0 Å². The van der Waals surface area contributed by atoms with Gasteiger partial charge in [-0.3, -0.25) is 0 Å². The second-order valence-electron chi connectivity index (χ2n) is 4.89. The zero-order valence-corrected chi connectivity index (χ0v) is 10.1. The van der Waals surface area contributed by atoms with E-state index >= 15 is 0 Å². The third-order valence-electron chi connectivity index (χ3n) is 3.34. The van der Waals surface area contributed by atoms with E-state index in [2.05, 4.69) is 43.8 Å². The van der Waals surface area contributed by atoms with Crippen LogP contribution < -0.4 is 5.32 Å². The van der Waals surface area contributed by atoms with E-state index in [9.17, 15) is 0 Å². The number of anilines is 1. The summed E-state index contributed by atoms with van der Waals surface area (Å²) < 4.78 is 2.18. The fraction of sp³-hybridized carbons (Fsp3) is 0.750. The zero-order valence-electron chi connectivity index (χ0n) is 10.1. The summed E-state index contributed by atoms with van der Waals surface area (Å²) >= 11 is 0. The molecule has 0 saturated carbocycles. The van der Waals surface area contributed by atoms with Crippen LogP contribution in [0.5, 0.6) is 0 Å². The van der Waals surface area contributed by atoms with E-state index in [4.69, 9.17) is 5.10 Å². The van der Waals surface area contributed by atoms with Gasteiger partial charge in [0.05, 0.1) is 11.7 Å². The molecule has 0 radical (unpaired) electrons. The minimum absolute atomic E-state index is 0.512. The van der Waals surface area contributed by atoms with Gasteiger partial charge in [0.15, 0.2) is 0 Å². The van der Waals surface area contributed by atoms with Crippen LogP contribution in [0.4, 0.5) is 5.82 Å². The van der Waals surface area contributed by atoms with Crippen LogP contribution in [0.15, 0.2) is 6.07 Å². The smallest absolute Gasteiger partial charge is 0.124 e. The predicted octanol–water partition coefficient (Wildman–Crippen LogP) is 3.02. The van der Waals surface area contributed by atoms with Crippen LogP contribution in [0.3, 0.4) is 0 Å². The molecule has 84 valence electrons. The van der Waals surface area contributed by atoms with Crippen LogP contribution in [0, 0.1) is 5.92 Å². The molecule has 0 fully saturated rings. The number of hydrogen-bond acceptors (Lipinski definition) is 2. The first kappa shape index (κ1) is 10.5. The van der Waals surface area contributed by atoms with Gasteiger partial charge in [0.25, 0.3) is 0 Å². The molecule has 1 aromatic rings. The monoisotopic (exact) mass is 207 g/mol. The Bertz CT molecular complexity index is 341. The molecule has 0 saturated heterocycles. The summed E-state index contributed by atoms with van der Waals surface area (Å²) in [6.45, 7) is 9.99. The lowest BCUT2D eigenvalue weighted by Crippen LogP contribution is -2.30. The molecule has 15 heavy (non-hydrogen) atoms. The number of fused-ring (bicyclic) bond motifs is 1. The van der Waals surface area contributed by atoms with Gasteiger partial charge in [0.1, 0.15) is 5.82 Å². The van der Waals surface area contributed by atoms with Gasteiger partial charge in [-0.2, -0.15) is 5.10 Å². The van der Waals surface area contributed by atoms with E-state index in [0.717, 1.165) is 13.0 Å². The molecule has 1 N–H and O–H groups in total. The van der Waals surface area contributed by atoms with Crippen molar-refractivity contribution >= 4 is 5.82 Å². The van der Waals surface area contributed by atoms with Gasteiger partial charge < -0.3 is 5.32 Å². The number of rotatable bonds is 2. The molecule has 3 nitrogen and oxygen atoms in total. The molecule has 2 rings (SSSR count). The number of nitrogens with zero attached hydrogens (tertiary/aromatic N) is 2. The Morgan fingerprint density at radius 1 is 1.60 bits per heavy atom. The van der Waals surface area contributed by atoms with Crippen LogP contribution >= 0.6 is 0 Å². The summed E-state index contributed by atoms with van der Waals surface area (Å²) in [6.07, 6.45) is 1.16. The Labute approximate surface area is 91.9 Å². The Morgan fingerprint density at radius 3 is 2.93 bits per heavy atom. The van der Waals surface area contributed by atoms with Gasteiger partial charge in [-0.25, -0.2) is 4.68 Å². The van der Waals surface area contributed by atoms with Crippen molar-refractivity contribution in [3.8, 4) is 0 Å². The third kappa shape index (κ3) is 1.75. The van der Waals surface area contributed by atoms with Crippen LogP contribution in [0.1, 0.15) is 51.8 Å². The van der Waals surface area contributed by atoms with E-state index in [0.29, 0.717) is 17.9 Å².